The van der Waals surface area contributed by atoms with Crippen LogP contribution in [0.1, 0.15) is 30.2 Å². The van der Waals surface area contributed by atoms with E-state index in [1.165, 1.54) is 4.88 Å². The van der Waals surface area contributed by atoms with Crippen LogP contribution in [0.3, 0.4) is 0 Å². The number of nitrogens with zero attached hydrogens (tertiary/aromatic N) is 2. The molecule has 0 aromatic carbocycles. The first-order valence-electron chi connectivity index (χ1n) is 6.65. The van der Waals surface area contributed by atoms with Gasteiger partial charge in [0, 0.05) is 23.5 Å². The number of likely N-dealkylation sites (N-methyl/N-ethyl adjacent to an activating group) is 1. The molecule has 0 bridgehead atoms. The lowest BCUT2D eigenvalue weighted by molar-refractivity contribution is -0.134. The van der Waals surface area contributed by atoms with Crippen molar-refractivity contribution in [3.63, 3.8) is 0 Å². The molecule has 5 heteroatoms. The summed E-state index contributed by atoms with van der Waals surface area (Å²) < 4.78 is 0. The highest BCUT2D eigenvalue weighted by atomic mass is 32.1. The summed E-state index contributed by atoms with van der Waals surface area (Å²) in [6.45, 7) is 4.96. The van der Waals surface area contributed by atoms with Gasteiger partial charge in [-0.2, -0.15) is 0 Å². The summed E-state index contributed by atoms with van der Waals surface area (Å²) in [5.41, 5.74) is -0.279. The number of hydrogen-bond donors (Lipinski definition) is 0. The molecule has 0 aliphatic heterocycles. The maximum atomic E-state index is 13.0. The summed E-state index contributed by atoms with van der Waals surface area (Å²) in [6.07, 6.45) is 2.72. The van der Waals surface area contributed by atoms with Gasteiger partial charge in [0.1, 0.15) is 5.01 Å². The van der Waals surface area contributed by atoms with E-state index in [-0.39, 0.29) is 16.7 Å². The van der Waals surface area contributed by atoms with Crippen molar-refractivity contribution in [3.8, 4) is 0 Å². The monoisotopic (exact) mass is 306 g/mol. The van der Waals surface area contributed by atoms with Crippen LogP contribution in [0.4, 0.5) is 0 Å². The van der Waals surface area contributed by atoms with Crippen LogP contribution in [0.25, 0.3) is 0 Å². The quantitative estimate of drug-likeness (QED) is 0.866. The lowest BCUT2D eigenvalue weighted by Crippen LogP contribution is -2.38. The third kappa shape index (κ3) is 2.00. The van der Waals surface area contributed by atoms with Gasteiger partial charge in [-0.05, 0) is 23.3 Å². The Labute approximate surface area is 127 Å². The van der Waals surface area contributed by atoms with Crippen LogP contribution in [0.15, 0.2) is 29.1 Å². The highest BCUT2D eigenvalue weighted by Gasteiger charge is 2.68. The zero-order valence-corrected chi connectivity index (χ0v) is 13.6. The Kier molecular flexibility index (Phi) is 3.21. The molecular formula is C15H18N2OS2. The minimum Gasteiger partial charge on any atom is -0.338 e. The molecule has 0 N–H and O–H groups in total. The van der Waals surface area contributed by atoms with E-state index in [9.17, 15) is 4.79 Å². The fourth-order valence-corrected chi connectivity index (χ4v) is 4.73. The highest BCUT2D eigenvalue weighted by Crippen LogP contribution is 2.66. The second-order valence-corrected chi connectivity index (χ2v) is 7.96. The first-order chi connectivity index (χ1) is 9.47. The number of hydrogen-bond acceptors (Lipinski definition) is 4. The minimum atomic E-state index is -0.326. The van der Waals surface area contributed by atoms with Crippen molar-refractivity contribution in [2.24, 2.45) is 5.41 Å². The van der Waals surface area contributed by atoms with Gasteiger partial charge in [0.2, 0.25) is 5.91 Å². The number of aromatic nitrogens is 1. The van der Waals surface area contributed by atoms with Gasteiger partial charge in [0.05, 0.1) is 12.0 Å². The first kappa shape index (κ1) is 13.8. The molecule has 0 unspecified atom stereocenters. The van der Waals surface area contributed by atoms with E-state index in [4.69, 9.17) is 0 Å². The first-order valence-corrected chi connectivity index (χ1v) is 8.41. The van der Waals surface area contributed by atoms with Gasteiger partial charge >= 0.3 is 0 Å². The maximum Gasteiger partial charge on any atom is 0.234 e. The summed E-state index contributed by atoms with van der Waals surface area (Å²) >= 11 is 3.28. The standard InChI is InChI=1S/C15H18N2OS2/c1-14(2)10-15(14,11-5-4-7-19-11)13(18)17(3)9-12-16-6-8-20-12/h4-8H,9-10H2,1-3H3/t15-/m1/s1. The van der Waals surface area contributed by atoms with Crippen LogP contribution >= 0.6 is 22.7 Å². The third-order valence-corrected chi connectivity index (χ3v) is 6.04. The molecule has 1 amide bonds. The molecule has 0 spiro atoms. The Balaban J connectivity index is 1.85. The van der Waals surface area contributed by atoms with Crippen LogP contribution in [-0.4, -0.2) is 22.8 Å². The highest BCUT2D eigenvalue weighted by molar-refractivity contribution is 7.10. The van der Waals surface area contributed by atoms with Crippen LogP contribution in [-0.2, 0) is 16.8 Å². The van der Waals surface area contributed by atoms with Crippen LogP contribution in [0.5, 0.6) is 0 Å². The number of rotatable bonds is 4. The molecule has 1 aliphatic rings. The van der Waals surface area contributed by atoms with E-state index >= 15 is 0 Å². The second-order valence-electron chi connectivity index (χ2n) is 6.03. The Morgan fingerprint density at radius 3 is 2.65 bits per heavy atom. The lowest BCUT2D eigenvalue weighted by Gasteiger charge is -2.25. The average Bonchev–Trinajstić information content (AvgIpc) is 2.92. The van der Waals surface area contributed by atoms with Gasteiger partial charge in [-0.15, -0.1) is 22.7 Å². The SMILES string of the molecule is CN(Cc1nccs1)C(=O)[C@]1(c2cccs2)CC1(C)C. The number of thiazole rings is 1. The van der Waals surface area contributed by atoms with Gasteiger partial charge in [0.15, 0.2) is 0 Å². The van der Waals surface area contributed by atoms with Gasteiger partial charge in [-0.1, -0.05) is 19.9 Å². The Bertz CT molecular complexity index is 604. The van der Waals surface area contributed by atoms with E-state index in [0.717, 1.165) is 11.4 Å². The van der Waals surface area contributed by atoms with Crippen molar-refractivity contribution in [2.75, 3.05) is 7.05 Å². The van der Waals surface area contributed by atoms with Gasteiger partial charge in [0.25, 0.3) is 0 Å². The summed E-state index contributed by atoms with van der Waals surface area (Å²) in [4.78, 5) is 20.3. The Morgan fingerprint density at radius 1 is 1.40 bits per heavy atom. The smallest absolute Gasteiger partial charge is 0.234 e. The van der Waals surface area contributed by atoms with E-state index < -0.39 is 0 Å². The molecule has 1 saturated carbocycles. The van der Waals surface area contributed by atoms with E-state index in [0.29, 0.717) is 6.54 Å². The van der Waals surface area contributed by atoms with Crippen LogP contribution in [0.2, 0.25) is 0 Å². The molecule has 2 heterocycles. The number of thiophene rings is 1. The number of carbonyl (C=O) groups is 1. The largest absolute Gasteiger partial charge is 0.338 e. The summed E-state index contributed by atoms with van der Waals surface area (Å²) in [5, 5.41) is 4.99. The fourth-order valence-electron chi connectivity index (χ4n) is 2.96. The Hall–Kier alpha value is -1.20. The molecule has 3 nitrogen and oxygen atoms in total. The Morgan fingerprint density at radius 2 is 2.15 bits per heavy atom. The van der Waals surface area contributed by atoms with Crippen molar-refractivity contribution < 1.29 is 4.79 Å². The summed E-state index contributed by atoms with van der Waals surface area (Å²) in [5.74, 6) is 0.222. The van der Waals surface area contributed by atoms with Crippen molar-refractivity contribution in [3.05, 3.63) is 39.0 Å². The normalized spacial score (nSPS) is 23.6. The minimum absolute atomic E-state index is 0.0477. The van der Waals surface area contributed by atoms with Crippen molar-refractivity contribution in [1.29, 1.82) is 0 Å². The van der Waals surface area contributed by atoms with Gasteiger partial charge in [-0.3, -0.25) is 4.79 Å². The van der Waals surface area contributed by atoms with E-state index in [1.807, 2.05) is 23.4 Å². The van der Waals surface area contributed by atoms with Crippen molar-refractivity contribution in [2.45, 2.75) is 32.2 Å². The van der Waals surface area contributed by atoms with Gasteiger partial charge < -0.3 is 4.90 Å². The fraction of sp³-hybridized carbons (Fsp3) is 0.467. The molecule has 1 fully saturated rings. The molecule has 1 atom stereocenters. The molecule has 2 aromatic heterocycles. The van der Waals surface area contributed by atoms with Gasteiger partial charge in [-0.25, -0.2) is 4.98 Å². The summed E-state index contributed by atoms with van der Waals surface area (Å²) in [7, 11) is 1.88. The van der Waals surface area contributed by atoms with Crippen LogP contribution < -0.4 is 0 Å². The van der Waals surface area contributed by atoms with E-state index in [2.05, 4.69) is 30.3 Å². The summed E-state index contributed by atoms with van der Waals surface area (Å²) in [6, 6.07) is 4.12. The zero-order chi connectivity index (χ0) is 14.4. The number of carbonyl (C=O) groups excluding carboxylic acids is 1. The van der Waals surface area contributed by atoms with Crippen molar-refractivity contribution in [1.82, 2.24) is 9.88 Å². The lowest BCUT2D eigenvalue weighted by atomic mass is 9.92. The number of amides is 1. The molecule has 106 valence electrons. The molecule has 0 radical (unpaired) electrons. The maximum absolute atomic E-state index is 13.0. The molecule has 3 rings (SSSR count). The molecule has 0 saturated heterocycles. The van der Waals surface area contributed by atoms with Crippen molar-refractivity contribution >= 4 is 28.6 Å². The molecule has 1 aliphatic carbocycles. The molecular weight excluding hydrogens is 288 g/mol. The molecule has 20 heavy (non-hydrogen) atoms. The third-order valence-electron chi connectivity index (χ3n) is 4.25. The van der Waals surface area contributed by atoms with Crippen LogP contribution in [0, 0.1) is 5.41 Å². The topological polar surface area (TPSA) is 33.2 Å². The predicted octanol–water partition coefficient (Wildman–Crippen LogP) is 3.53. The zero-order valence-electron chi connectivity index (χ0n) is 11.9. The average molecular weight is 306 g/mol. The predicted molar refractivity (Wildman–Crippen MR) is 83.0 cm³/mol. The second kappa shape index (κ2) is 4.67. The molecule has 2 aromatic rings. The van der Waals surface area contributed by atoms with E-state index in [1.54, 1.807) is 28.9 Å².